The number of rotatable bonds is 7. The van der Waals surface area contributed by atoms with Gasteiger partial charge in [-0.15, -0.1) is 0 Å². The van der Waals surface area contributed by atoms with Crippen LogP contribution in [-0.4, -0.2) is 74.9 Å². The molecule has 156 valence electrons. The van der Waals surface area contributed by atoms with Gasteiger partial charge >= 0.3 is 0 Å². The molecule has 6 heteroatoms. The van der Waals surface area contributed by atoms with Crippen LogP contribution in [0.2, 0.25) is 0 Å². The number of ether oxygens (including phenoxy) is 1. The van der Waals surface area contributed by atoms with E-state index in [9.17, 15) is 5.11 Å². The van der Waals surface area contributed by atoms with E-state index >= 15 is 0 Å². The van der Waals surface area contributed by atoms with Gasteiger partial charge in [0.1, 0.15) is 0 Å². The van der Waals surface area contributed by atoms with Crippen LogP contribution in [0.25, 0.3) is 0 Å². The fourth-order valence-corrected chi connectivity index (χ4v) is 5.05. The van der Waals surface area contributed by atoms with E-state index in [1.54, 1.807) is 0 Å². The van der Waals surface area contributed by atoms with Gasteiger partial charge in [-0.2, -0.15) is 0 Å². The van der Waals surface area contributed by atoms with Crippen molar-refractivity contribution in [2.24, 2.45) is 0 Å². The minimum Gasteiger partial charge on any atom is -0.387 e. The van der Waals surface area contributed by atoms with Crippen LogP contribution in [0.1, 0.15) is 18.1 Å². The topological polar surface area (TPSA) is 39.2 Å². The molecule has 29 heavy (non-hydrogen) atoms. The number of benzene rings is 2. The summed E-state index contributed by atoms with van der Waals surface area (Å²) in [6.45, 7) is 5.97. The number of fused-ring (bicyclic) bond motifs is 2. The maximum Gasteiger partial charge on any atom is 0.0917 e. The number of para-hydroxylation sites is 1. The third kappa shape index (κ3) is 4.95. The van der Waals surface area contributed by atoms with E-state index in [1.807, 2.05) is 11.8 Å². The first-order valence-corrected chi connectivity index (χ1v) is 11.2. The number of aliphatic hydroxyl groups excluding tert-OH is 1. The van der Waals surface area contributed by atoms with Crippen molar-refractivity contribution in [1.82, 2.24) is 9.80 Å². The van der Waals surface area contributed by atoms with Gasteiger partial charge in [-0.1, -0.05) is 30.0 Å². The van der Waals surface area contributed by atoms with Crippen molar-refractivity contribution in [3.05, 3.63) is 48.0 Å². The fraction of sp³-hybridized carbons (Fsp3) is 0.478. The number of anilines is 2. The molecule has 5 nitrogen and oxygen atoms in total. The van der Waals surface area contributed by atoms with E-state index in [-0.39, 0.29) is 0 Å². The van der Waals surface area contributed by atoms with Gasteiger partial charge in [-0.05, 0) is 56.9 Å². The number of β-amino-alcohol motifs (C(OH)–C–C–N with tert-alkyl or cyclic N) is 1. The summed E-state index contributed by atoms with van der Waals surface area (Å²) in [5, 5.41) is 10.9. The van der Waals surface area contributed by atoms with Crippen molar-refractivity contribution in [2.45, 2.75) is 22.3 Å². The predicted octanol–water partition coefficient (Wildman–Crippen LogP) is 3.61. The van der Waals surface area contributed by atoms with Gasteiger partial charge in [0.15, 0.2) is 0 Å². The molecular formula is C23H31N3O2S. The summed E-state index contributed by atoms with van der Waals surface area (Å²) in [6.07, 6.45) is 0.607. The average molecular weight is 414 g/mol. The summed E-state index contributed by atoms with van der Waals surface area (Å²) in [7, 11) is 4.24. The first-order valence-electron chi connectivity index (χ1n) is 10.4. The smallest absolute Gasteiger partial charge is 0.0917 e. The van der Waals surface area contributed by atoms with Gasteiger partial charge < -0.3 is 19.6 Å². The van der Waals surface area contributed by atoms with Crippen LogP contribution in [0.15, 0.2) is 52.3 Å². The molecule has 0 aromatic heterocycles. The van der Waals surface area contributed by atoms with Crippen LogP contribution in [0.5, 0.6) is 0 Å². The predicted molar refractivity (Wildman–Crippen MR) is 119 cm³/mol. The monoisotopic (exact) mass is 413 g/mol. The van der Waals surface area contributed by atoms with Crippen LogP contribution >= 0.6 is 11.8 Å². The maximum atomic E-state index is 10.9. The summed E-state index contributed by atoms with van der Waals surface area (Å²) in [5.74, 6) is 0. The van der Waals surface area contributed by atoms with E-state index in [1.165, 1.54) is 21.2 Å². The molecule has 2 aliphatic rings. The molecule has 2 aromatic carbocycles. The zero-order chi connectivity index (χ0) is 20.2. The molecule has 0 aliphatic carbocycles. The maximum absolute atomic E-state index is 10.9. The van der Waals surface area contributed by atoms with Crippen LogP contribution < -0.4 is 4.90 Å². The molecule has 0 saturated carbocycles. The largest absolute Gasteiger partial charge is 0.387 e. The molecular weight excluding hydrogens is 382 g/mol. The minimum absolute atomic E-state index is 0.482. The van der Waals surface area contributed by atoms with Crippen LogP contribution in [0.3, 0.4) is 0 Å². The van der Waals surface area contributed by atoms with Crippen molar-refractivity contribution in [2.75, 3.05) is 64.9 Å². The zero-order valence-corrected chi connectivity index (χ0v) is 18.2. The Bertz CT molecular complexity index is 824. The molecule has 2 heterocycles. The Balaban J connectivity index is 1.57. The van der Waals surface area contributed by atoms with Crippen molar-refractivity contribution in [3.63, 3.8) is 0 Å². The van der Waals surface area contributed by atoms with Gasteiger partial charge in [0.05, 0.1) is 30.7 Å². The summed E-state index contributed by atoms with van der Waals surface area (Å²) in [5.41, 5.74) is 3.47. The molecule has 2 aliphatic heterocycles. The first-order chi connectivity index (χ1) is 14.1. The van der Waals surface area contributed by atoms with E-state index < -0.39 is 6.10 Å². The molecule has 0 radical (unpaired) electrons. The Hall–Kier alpha value is -1.57. The Labute approximate surface area is 178 Å². The summed E-state index contributed by atoms with van der Waals surface area (Å²) in [4.78, 5) is 9.50. The lowest BCUT2D eigenvalue weighted by Gasteiger charge is -2.34. The molecule has 2 aromatic rings. The highest BCUT2D eigenvalue weighted by molar-refractivity contribution is 7.99. The van der Waals surface area contributed by atoms with E-state index in [2.05, 4.69) is 71.3 Å². The molecule has 1 unspecified atom stereocenters. The third-order valence-electron chi connectivity index (χ3n) is 5.56. The Morgan fingerprint density at radius 1 is 1.07 bits per heavy atom. The highest BCUT2D eigenvalue weighted by Crippen LogP contribution is 2.48. The van der Waals surface area contributed by atoms with Crippen LogP contribution in [-0.2, 0) is 4.74 Å². The quantitative estimate of drug-likeness (QED) is 0.748. The summed E-state index contributed by atoms with van der Waals surface area (Å²) >= 11 is 1.82. The SMILES string of the molecule is CN(C)CCCN1c2ccccc2Sc2ccc(C(O)CN3CCOCC3)cc21. The van der Waals surface area contributed by atoms with Gasteiger partial charge in [0.2, 0.25) is 0 Å². The molecule has 4 rings (SSSR count). The van der Waals surface area contributed by atoms with Crippen molar-refractivity contribution in [1.29, 1.82) is 0 Å². The van der Waals surface area contributed by atoms with Crippen molar-refractivity contribution < 1.29 is 9.84 Å². The molecule has 1 fully saturated rings. The lowest BCUT2D eigenvalue weighted by molar-refractivity contribution is 0.0143. The molecule has 0 bridgehead atoms. The Morgan fingerprint density at radius 2 is 1.83 bits per heavy atom. The van der Waals surface area contributed by atoms with Crippen LogP contribution in [0.4, 0.5) is 11.4 Å². The van der Waals surface area contributed by atoms with E-state index in [0.29, 0.717) is 6.54 Å². The standard InChI is InChI=1S/C23H31N3O2S/c1-24(2)10-5-11-26-19-6-3-4-7-22(19)29-23-9-8-18(16-20(23)26)21(27)17-25-12-14-28-15-13-25/h3-4,6-9,16,21,27H,5,10-15,17H2,1-2H3. The van der Waals surface area contributed by atoms with E-state index in [4.69, 9.17) is 4.74 Å². The zero-order valence-electron chi connectivity index (χ0n) is 17.4. The number of aliphatic hydroxyl groups is 1. The van der Waals surface area contributed by atoms with Gasteiger partial charge in [0.25, 0.3) is 0 Å². The molecule has 1 saturated heterocycles. The Morgan fingerprint density at radius 3 is 2.62 bits per heavy atom. The fourth-order valence-electron chi connectivity index (χ4n) is 3.97. The van der Waals surface area contributed by atoms with Crippen molar-refractivity contribution >= 4 is 23.1 Å². The highest BCUT2D eigenvalue weighted by atomic mass is 32.2. The van der Waals surface area contributed by atoms with Crippen molar-refractivity contribution in [3.8, 4) is 0 Å². The third-order valence-corrected chi connectivity index (χ3v) is 6.69. The summed E-state index contributed by atoms with van der Waals surface area (Å²) in [6, 6.07) is 15.1. The lowest BCUT2D eigenvalue weighted by atomic mass is 10.1. The summed E-state index contributed by atoms with van der Waals surface area (Å²) < 4.78 is 5.43. The minimum atomic E-state index is -0.482. The second kappa shape index (κ2) is 9.49. The number of morpholine rings is 1. The molecule has 0 amide bonds. The van der Waals surface area contributed by atoms with Gasteiger partial charge in [0, 0.05) is 36.0 Å². The second-order valence-electron chi connectivity index (χ2n) is 8.03. The number of hydrogen-bond donors (Lipinski definition) is 1. The number of nitrogens with zero attached hydrogens (tertiary/aromatic N) is 3. The second-order valence-corrected chi connectivity index (χ2v) is 9.12. The molecule has 1 N–H and O–H groups in total. The van der Waals surface area contributed by atoms with Gasteiger partial charge in [-0.25, -0.2) is 0 Å². The lowest BCUT2D eigenvalue weighted by Crippen LogP contribution is -2.38. The van der Waals surface area contributed by atoms with E-state index in [0.717, 1.165) is 51.4 Å². The van der Waals surface area contributed by atoms with Crippen LogP contribution in [0, 0.1) is 0 Å². The molecule has 0 spiro atoms. The number of hydrogen-bond acceptors (Lipinski definition) is 6. The molecule has 1 atom stereocenters. The highest BCUT2D eigenvalue weighted by Gasteiger charge is 2.25. The Kier molecular flexibility index (Phi) is 6.77. The normalized spacial score (nSPS) is 17.9. The average Bonchev–Trinajstić information content (AvgIpc) is 2.73. The van der Waals surface area contributed by atoms with Gasteiger partial charge in [-0.3, -0.25) is 4.90 Å². The first kappa shape index (κ1) is 20.7.